The molecule has 1 aliphatic carbocycles. The molecule has 1 atom stereocenters. The van der Waals surface area contributed by atoms with Gasteiger partial charge < -0.3 is 10.5 Å². The number of amides is 1. The second-order valence-electron chi connectivity index (χ2n) is 6.82. The van der Waals surface area contributed by atoms with E-state index in [0.29, 0.717) is 5.56 Å². The van der Waals surface area contributed by atoms with Gasteiger partial charge in [-0.25, -0.2) is 9.78 Å². The van der Waals surface area contributed by atoms with E-state index in [-0.39, 0.29) is 0 Å². The van der Waals surface area contributed by atoms with Gasteiger partial charge in [-0.15, -0.1) is 11.3 Å². The van der Waals surface area contributed by atoms with Crippen LogP contribution in [0.4, 0.5) is 0 Å². The predicted octanol–water partition coefficient (Wildman–Crippen LogP) is 4.20. The topological polar surface area (TPSA) is 82.3 Å². The average Bonchev–Trinajstić information content (AvgIpc) is 3.19. The van der Waals surface area contributed by atoms with Gasteiger partial charge in [0.05, 0.1) is 16.8 Å². The van der Waals surface area contributed by atoms with E-state index in [9.17, 15) is 9.59 Å². The molecule has 4 rings (SSSR count). The van der Waals surface area contributed by atoms with E-state index in [1.165, 1.54) is 6.92 Å². The highest BCUT2D eigenvalue weighted by Crippen LogP contribution is 2.36. The SMILES string of the molecule is C[C@H](OC(=O)c1c2c(nc3ccccc13)/C(=C\c1cccs1)CCC2)C(N)=O. The summed E-state index contributed by atoms with van der Waals surface area (Å²) in [5.74, 6) is -1.20. The minimum Gasteiger partial charge on any atom is -0.449 e. The number of esters is 1. The van der Waals surface area contributed by atoms with Crippen LogP contribution in [0.25, 0.3) is 22.6 Å². The van der Waals surface area contributed by atoms with E-state index < -0.39 is 18.0 Å². The molecule has 6 heteroatoms. The molecule has 1 amide bonds. The Morgan fingerprint density at radius 2 is 2.04 bits per heavy atom. The summed E-state index contributed by atoms with van der Waals surface area (Å²) in [7, 11) is 0. The van der Waals surface area contributed by atoms with Crippen LogP contribution in [-0.4, -0.2) is 23.0 Å². The van der Waals surface area contributed by atoms with E-state index >= 15 is 0 Å². The molecule has 2 N–H and O–H groups in total. The van der Waals surface area contributed by atoms with Crippen molar-refractivity contribution in [2.75, 3.05) is 0 Å². The van der Waals surface area contributed by atoms with Crippen LogP contribution in [0.3, 0.4) is 0 Å². The number of nitrogens with two attached hydrogens (primary N) is 1. The number of pyridine rings is 1. The number of hydrogen-bond donors (Lipinski definition) is 1. The number of thiophene rings is 1. The molecular weight excluding hydrogens is 372 g/mol. The van der Waals surface area contributed by atoms with E-state index in [2.05, 4.69) is 12.1 Å². The minimum absolute atomic E-state index is 0.491. The summed E-state index contributed by atoms with van der Waals surface area (Å²) in [6.45, 7) is 1.48. The standard InChI is InChI=1S/C22H20N2O3S/c1-13(21(23)25)27-22(26)19-16-8-2-3-10-18(16)24-20-14(6-4-9-17(19)20)12-15-7-5-11-28-15/h2-3,5,7-8,10-13H,4,6,9H2,1H3,(H2,23,25)/b14-12-/t13-/m0/s1. The summed E-state index contributed by atoms with van der Waals surface area (Å²) >= 11 is 1.67. The Bertz CT molecular complexity index is 1090. The van der Waals surface area contributed by atoms with Crippen LogP contribution in [-0.2, 0) is 16.0 Å². The molecule has 0 saturated carbocycles. The molecule has 1 aliphatic rings. The fourth-order valence-corrected chi connectivity index (χ4v) is 4.21. The summed E-state index contributed by atoms with van der Waals surface area (Å²) in [6, 6.07) is 11.6. The van der Waals surface area contributed by atoms with Crippen molar-refractivity contribution >= 4 is 45.8 Å². The lowest BCUT2D eigenvalue weighted by atomic mass is 9.86. The van der Waals surface area contributed by atoms with Crippen molar-refractivity contribution in [3.63, 3.8) is 0 Å². The van der Waals surface area contributed by atoms with Crippen LogP contribution >= 0.6 is 11.3 Å². The van der Waals surface area contributed by atoms with Gasteiger partial charge in [0, 0.05) is 10.3 Å². The van der Waals surface area contributed by atoms with Gasteiger partial charge in [0.25, 0.3) is 5.91 Å². The van der Waals surface area contributed by atoms with Crippen molar-refractivity contribution in [2.24, 2.45) is 5.73 Å². The van der Waals surface area contributed by atoms with E-state index in [0.717, 1.165) is 51.9 Å². The summed E-state index contributed by atoms with van der Waals surface area (Å²) in [6.07, 6.45) is 3.73. The van der Waals surface area contributed by atoms with Gasteiger partial charge in [-0.3, -0.25) is 4.79 Å². The summed E-state index contributed by atoms with van der Waals surface area (Å²) in [5.41, 5.74) is 9.35. The van der Waals surface area contributed by atoms with Crippen molar-refractivity contribution in [1.29, 1.82) is 0 Å². The van der Waals surface area contributed by atoms with Gasteiger partial charge in [-0.05, 0) is 60.9 Å². The van der Waals surface area contributed by atoms with Gasteiger partial charge >= 0.3 is 5.97 Å². The second kappa shape index (κ2) is 7.56. The molecule has 0 radical (unpaired) electrons. The van der Waals surface area contributed by atoms with Crippen molar-refractivity contribution in [1.82, 2.24) is 4.98 Å². The molecule has 0 saturated heterocycles. The third-order valence-electron chi connectivity index (χ3n) is 4.92. The van der Waals surface area contributed by atoms with Crippen LogP contribution in [0.1, 0.15) is 46.3 Å². The number of carbonyl (C=O) groups excluding carboxylic acids is 2. The lowest BCUT2D eigenvalue weighted by molar-refractivity contribution is -0.125. The van der Waals surface area contributed by atoms with Crippen molar-refractivity contribution in [2.45, 2.75) is 32.3 Å². The molecule has 5 nitrogen and oxygen atoms in total. The highest BCUT2D eigenvalue weighted by molar-refractivity contribution is 7.10. The fraction of sp³-hybridized carbons (Fsp3) is 0.227. The van der Waals surface area contributed by atoms with Gasteiger partial charge in [0.15, 0.2) is 6.10 Å². The van der Waals surface area contributed by atoms with Crippen LogP contribution in [0.15, 0.2) is 41.8 Å². The molecule has 2 aromatic heterocycles. The largest absolute Gasteiger partial charge is 0.449 e. The highest BCUT2D eigenvalue weighted by atomic mass is 32.1. The van der Waals surface area contributed by atoms with Gasteiger partial charge in [-0.2, -0.15) is 0 Å². The monoisotopic (exact) mass is 392 g/mol. The molecule has 1 aromatic carbocycles. The van der Waals surface area contributed by atoms with Crippen LogP contribution in [0, 0.1) is 0 Å². The lowest BCUT2D eigenvalue weighted by Gasteiger charge is -2.23. The number of fused-ring (bicyclic) bond motifs is 2. The zero-order valence-corrected chi connectivity index (χ0v) is 16.3. The zero-order valence-electron chi connectivity index (χ0n) is 15.5. The van der Waals surface area contributed by atoms with Crippen molar-refractivity contribution in [3.8, 4) is 0 Å². The lowest BCUT2D eigenvalue weighted by Crippen LogP contribution is -2.31. The van der Waals surface area contributed by atoms with Crippen LogP contribution in [0.5, 0.6) is 0 Å². The summed E-state index contributed by atoms with van der Waals surface area (Å²) in [5, 5.41) is 2.78. The Hall–Kier alpha value is -2.99. The first-order valence-electron chi connectivity index (χ1n) is 9.21. The van der Waals surface area contributed by atoms with E-state index in [1.54, 1.807) is 11.3 Å². The van der Waals surface area contributed by atoms with Gasteiger partial charge in [0.1, 0.15) is 0 Å². The van der Waals surface area contributed by atoms with Crippen LogP contribution in [0.2, 0.25) is 0 Å². The molecule has 3 aromatic rings. The van der Waals surface area contributed by atoms with Gasteiger partial charge in [-0.1, -0.05) is 24.3 Å². The molecule has 0 spiro atoms. The van der Waals surface area contributed by atoms with Crippen LogP contribution < -0.4 is 5.73 Å². The number of rotatable bonds is 4. The normalized spacial score (nSPS) is 16.0. The summed E-state index contributed by atoms with van der Waals surface area (Å²) < 4.78 is 5.35. The number of aromatic nitrogens is 1. The van der Waals surface area contributed by atoms with Crippen molar-refractivity contribution < 1.29 is 14.3 Å². The summed E-state index contributed by atoms with van der Waals surface area (Å²) in [4.78, 5) is 30.4. The predicted molar refractivity (Wildman–Crippen MR) is 111 cm³/mol. The highest BCUT2D eigenvalue weighted by Gasteiger charge is 2.27. The Labute approximate surface area is 166 Å². The smallest absolute Gasteiger partial charge is 0.339 e. The Morgan fingerprint density at radius 1 is 1.21 bits per heavy atom. The van der Waals surface area contributed by atoms with Gasteiger partial charge in [0.2, 0.25) is 0 Å². The molecule has 142 valence electrons. The molecular formula is C22H20N2O3S. The minimum atomic E-state index is -0.986. The number of nitrogens with zero attached hydrogens (tertiary/aromatic N) is 1. The number of primary amides is 1. The Morgan fingerprint density at radius 3 is 2.79 bits per heavy atom. The maximum absolute atomic E-state index is 13.0. The number of hydrogen-bond acceptors (Lipinski definition) is 5. The number of ether oxygens (including phenoxy) is 1. The number of para-hydroxylation sites is 1. The number of allylic oxidation sites excluding steroid dienone is 1. The second-order valence-corrected chi connectivity index (χ2v) is 7.80. The van der Waals surface area contributed by atoms with E-state index in [4.69, 9.17) is 15.5 Å². The first-order chi connectivity index (χ1) is 13.5. The zero-order chi connectivity index (χ0) is 19.7. The third kappa shape index (κ3) is 3.43. The molecule has 0 unspecified atom stereocenters. The fourth-order valence-electron chi connectivity index (χ4n) is 3.53. The first-order valence-corrected chi connectivity index (χ1v) is 10.1. The quantitative estimate of drug-likeness (QED) is 0.675. The average molecular weight is 392 g/mol. The third-order valence-corrected chi connectivity index (χ3v) is 5.74. The molecule has 0 aliphatic heterocycles. The first kappa shape index (κ1) is 18.4. The molecule has 2 heterocycles. The Balaban J connectivity index is 1.89. The Kier molecular flexibility index (Phi) is 4.96. The molecule has 0 fully saturated rings. The maximum atomic E-state index is 13.0. The molecule has 0 bridgehead atoms. The maximum Gasteiger partial charge on any atom is 0.339 e. The molecule has 28 heavy (non-hydrogen) atoms. The number of carbonyl (C=O) groups is 2. The van der Waals surface area contributed by atoms with Crippen molar-refractivity contribution in [3.05, 3.63) is 63.5 Å². The van der Waals surface area contributed by atoms with E-state index in [1.807, 2.05) is 35.7 Å². The number of benzene rings is 1.